The normalized spacial score (nSPS) is 12.2. The summed E-state index contributed by atoms with van der Waals surface area (Å²) in [6.45, 7) is 5.59. The second kappa shape index (κ2) is 9.13. The molecule has 1 unspecified atom stereocenters. The Kier molecular flexibility index (Phi) is 6.57. The number of hydrogen-bond donors (Lipinski definition) is 1. The summed E-state index contributed by atoms with van der Waals surface area (Å²) in [7, 11) is -3.89. The fourth-order valence-corrected chi connectivity index (χ4v) is 4.79. The number of nitrogens with zero attached hydrogens (tertiary/aromatic N) is 1. The Bertz CT molecular complexity index is 1110. The van der Waals surface area contributed by atoms with Crippen molar-refractivity contribution in [3.05, 3.63) is 95.6 Å². The lowest BCUT2D eigenvalue weighted by Gasteiger charge is -2.25. The number of benzene rings is 3. The lowest BCUT2D eigenvalue weighted by Crippen LogP contribution is -2.41. The van der Waals surface area contributed by atoms with Gasteiger partial charge in [0.1, 0.15) is 6.54 Å². The summed E-state index contributed by atoms with van der Waals surface area (Å²) >= 11 is 0. The SMILES string of the molecule is Cc1ccc(C)c(C(C)NC(=O)CN(c2ccccc2)S(=O)(=O)c2ccccc2)c1. The summed E-state index contributed by atoms with van der Waals surface area (Å²) in [5, 5.41) is 2.94. The van der Waals surface area contributed by atoms with Crippen molar-refractivity contribution in [2.24, 2.45) is 0 Å². The number of carbonyl (C=O) groups is 1. The van der Waals surface area contributed by atoms with Gasteiger partial charge < -0.3 is 5.32 Å². The number of hydrogen-bond acceptors (Lipinski definition) is 3. The van der Waals surface area contributed by atoms with Gasteiger partial charge in [0.15, 0.2) is 0 Å². The molecule has 5 nitrogen and oxygen atoms in total. The van der Waals surface area contributed by atoms with E-state index in [1.165, 1.54) is 12.1 Å². The predicted octanol–water partition coefficient (Wildman–Crippen LogP) is 4.38. The molecule has 0 aliphatic carbocycles. The van der Waals surface area contributed by atoms with Gasteiger partial charge in [-0.2, -0.15) is 0 Å². The Morgan fingerprint density at radius 3 is 2.17 bits per heavy atom. The highest BCUT2D eigenvalue weighted by Crippen LogP contribution is 2.24. The Balaban J connectivity index is 1.87. The van der Waals surface area contributed by atoms with Gasteiger partial charge in [-0.25, -0.2) is 8.42 Å². The predicted molar refractivity (Wildman–Crippen MR) is 120 cm³/mol. The van der Waals surface area contributed by atoms with Gasteiger partial charge >= 0.3 is 0 Å². The van der Waals surface area contributed by atoms with E-state index < -0.39 is 10.0 Å². The number of nitrogens with one attached hydrogen (secondary N) is 1. The van der Waals surface area contributed by atoms with Crippen LogP contribution in [0.2, 0.25) is 0 Å². The van der Waals surface area contributed by atoms with E-state index in [4.69, 9.17) is 0 Å². The number of sulfonamides is 1. The van der Waals surface area contributed by atoms with Crippen LogP contribution in [0.4, 0.5) is 5.69 Å². The minimum atomic E-state index is -3.89. The highest BCUT2D eigenvalue weighted by Gasteiger charge is 2.27. The van der Waals surface area contributed by atoms with Gasteiger partial charge in [-0.1, -0.05) is 60.2 Å². The third kappa shape index (κ3) is 4.89. The molecule has 0 aromatic heterocycles. The quantitative estimate of drug-likeness (QED) is 0.615. The molecule has 156 valence electrons. The van der Waals surface area contributed by atoms with Crippen LogP contribution in [0.15, 0.2) is 83.8 Å². The molecule has 3 aromatic rings. The molecule has 0 fully saturated rings. The van der Waals surface area contributed by atoms with Crippen molar-refractivity contribution >= 4 is 21.6 Å². The van der Waals surface area contributed by atoms with Crippen molar-refractivity contribution < 1.29 is 13.2 Å². The zero-order valence-electron chi connectivity index (χ0n) is 17.4. The summed E-state index contributed by atoms with van der Waals surface area (Å²) in [4.78, 5) is 13.0. The number of rotatable bonds is 7. The Labute approximate surface area is 178 Å². The van der Waals surface area contributed by atoms with Crippen molar-refractivity contribution in [2.45, 2.75) is 31.7 Å². The molecule has 3 rings (SSSR count). The van der Waals surface area contributed by atoms with Crippen LogP contribution < -0.4 is 9.62 Å². The van der Waals surface area contributed by atoms with Crippen LogP contribution in [0.5, 0.6) is 0 Å². The largest absolute Gasteiger partial charge is 0.348 e. The highest BCUT2D eigenvalue weighted by atomic mass is 32.2. The molecule has 0 heterocycles. The minimum Gasteiger partial charge on any atom is -0.348 e. The molecular weight excluding hydrogens is 396 g/mol. The molecule has 0 bridgehead atoms. The molecular formula is C24H26N2O3S. The van der Waals surface area contributed by atoms with E-state index in [2.05, 4.69) is 5.32 Å². The minimum absolute atomic E-state index is 0.143. The second-order valence-electron chi connectivity index (χ2n) is 7.31. The van der Waals surface area contributed by atoms with E-state index in [9.17, 15) is 13.2 Å². The topological polar surface area (TPSA) is 66.5 Å². The van der Waals surface area contributed by atoms with Crippen LogP contribution in [-0.2, 0) is 14.8 Å². The van der Waals surface area contributed by atoms with Crippen molar-refractivity contribution in [1.29, 1.82) is 0 Å². The third-order valence-corrected chi connectivity index (χ3v) is 6.73. The molecule has 0 aliphatic heterocycles. The standard InChI is InChI=1S/C24H26N2O3S/c1-18-14-15-19(2)23(16-18)20(3)25-24(27)17-26(21-10-6-4-7-11-21)30(28,29)22-12-8-5-9-13-22/h4-16,20H,17H2,1-3H3,(H,25,27). The van der Waals surface area contributed by atoms with Gasteiger partial charge in [-0.3, -0.25) is 9.10 Å². The maximum Gasteiger partial charge on any atom is 0.264 e. The molecule has 30 heavy (non-hydrogen) atoms. The highest BCUT2D eigenvalue weighted by molar-refractivity contribution is 7.92. The molecule has 1 N–H and O–H groups in total. The first-order chi connectivity index (χ1) is 14.3. The third-order valence-electron chi connectivity index (χ3n) is 4.94. The van der Waals surface area contributed by atoms with E-state index in [0.29, 0.717) is 5.69 Å². The van der Waals surface area contributed by atoms with Crippen molar-refractivity contribution in [3.8, 4) is 0 Å². The molecule has 6 heteroatoms. The fraction of sp³-hybridized carbons (Fsp3) is 0.208. The molecule has 1 amide bonds. The van der Waals surface area contributed by atoms with Gasteiger partial charge in [0, 0.05) is 0 Å². The van der Waals surface area contributed by atoms with E-state index in [0.717, 1.165) is 21.0 Å². The first kappa shape index (κ1) is 21.6. The summed E-state index contributed by atoms with van der Waals surface area (Å²) in [5.41, 5.74) is 3.64. The van der Waals surface area contributed by atoms with Crippen molar-refractivity contribution in [2.75, 3.05) is 10.8 Å². The second-order valence-corrected chi connectivity index (χ2v) is 9.17. The monoisotopic (exact) mass is 422 g/mol. The smallest absolute Gasteiger partial charge is 0.264 e. The van der Waals surface area contributed by atoms with Crippen LogP contribution in [0.1, 0.15) is 29.7 Å². The van der Waals surface area contributed by atoms with Crippen LogP contribution in [-0.4, -0.2) is 20.9 Å². The van der Waals surface area contributed by atoms with Crippen LogP contribution in [0.25, 0.3) is 0 Å². The number of para-hydroxylation sites is 1. The first-order valence-corrected chi connectivity index (χ1v) is 11.2. The van der Waals surface area contributed by atoms with Crippen LogP contribution >= 0.6 is 0 Å². The van der Waals surface area contributed by atoms with E-state index >= 15 is 0 Å². The summed E-state index contributed by atoms with van der Waals surface area (Å²) in [5.74, 6) is -0.369. The zero-order chi connectivity index (χ0) is 21.7. The Morgan fingerprint density at radius 2 is 1.53 bits per heavy atom. The average molecular weight is 423 g/mol. The summed E-state index contributed by atoms with van der Waals surface area (Å²) in [6, 6.07) is 22.7. The molecule has 0 saturated heterocycles. The van der Waals surface area contributed by atoms with E-state index in [-0.39, 0.29) is 23.4 Å². The van der Waals surface area contributed by atoms with E-state index in [1.807, 2.05) is 39.0 Å². The molecule has 0 aliphatic rings. The van der Waals surface area contributed by atoms with E-state index in [1.54, 1.807) is 48.5 Å². The lowest BCUT2D eigenvalue weighted by molar-refractivity contribution is -0.120. The van der Waals surface area contributed by atoms with Gasteiger partial charge in [-0.05, 0) is 56.2 Å². The molecule has 0 saturated carbocycles. The average Bonchev–Trinajstić information content (AvgIpc) is 2.74. The summed E-state index contributed by atoms with van der Waals surface area (Å²) < 4.78 is 27.7. The molecule has 0 radical (unpaired) electrons. The number of anilines is 1. The van der Waals surface area contributed by atoms with Crippen molar-refractivity contribution in [1.82, 2.24) is 5.32 Å². The van der Waals surface area contributed by atoms with Crippen molar-refractivity contribution in [3.63, 3.8) is 0 Å². The van der Waals surface area contributed by atoms with Crippen LogP contribution in [0.3, 0.4) is 0 Å². The first-order valence-electron chi connectivity index (χ1n) is 9.78. The maximum atomic E-state index is 13.3. The summed E-state index contributed by atoms with van der Waals surface area (Å²) in [6.07, 6.45) is 0. The Hall–Kier alpha value is -3.12. The van der Waals surface area contributed by atoms with Gasteiger partial charge in [-0.15, -0.1) is 0 Å². The van der Waals surface area contributed by atoms with Crippen LogP contribution in [0, 0.1) is 13.8 Å². The van der Waals surface area contributed by atoms with Gasteiger partial charge in [0.2, 0.25) is 5.91 Å². The molecule has 1 atom stereocenters. The Morgan fingerprint density at radius 1 is 0.933 bits per heavy atom. The zero-order valence-corrected chi connectivity index (χ0v) is 18.2. The molecule has 0 spiro atoms. The lowest BCUT2D eigenvalue weighted by atomic mass is 10.00. The molecule has 3 aromatic carbocycles. The number of carbonyl (C=O) groups excluding carboxylic acids is 1. The fourth-order valence-electron chi connectivity index (χ4n) is 3.35. The number of aryl methyl sites for hydroxylation is 2. The van der Waals surface area contributed by atoms with Gasteiger partial charge in [0.05, 0.1) is 16.6 Å². The maximum absolute atomic E-state index is 13.3. The number of amides is 1. The van der Waals surface area contributed by atoms with Gasteiger partial charge in [0.25, 0.3) is 10.0 Å².